The van der Waals surface area contributed by atoms with E-state index in [9.17, 15) is 0 Å². The third-order valence-corrected chi connectivity index (χ3v) is 11.3. The maximum absolute atomic E-state index is 2.65. The molecule has 0 bridgehead atoms. The number of para-hydroxylation sites is 2. The van der Waals surface area contributed by atoms with E-state index in [1.807, 2.05) is 0 Å². The first-order valence-corrected chi connectivity index (χ1v) is 16.5. The Labute approximate surface area is 281 Å². The number of hydrogen-bond donors (Lipinski definition) is 0. The molecule has 7 aromatic rings. The number of aromatic nitrogens is 1. The van der Waals surface area contributed by atoms with Gasteiger partial charge < -0.3 is 9.47 Å². The lowest BCUT2D eigenvalue weighted by atomic mass is 9.60. The zero-order valence-electron chi connectivity index (χ0n) is 29.0. The molecule has 7 rings (SSSR count). The summed E-state index contributed by atoms with van der Waals surface area (Å²) in [4.78, 5) is 2.65. The molecule has 0 amide bonds. The summed E-state index contributed by atoms with van der Waals surface area (Å²) >= 11 is 0. The zero-order valence-corrected chi connectivity index (χ0v) is 29.0. The molecule has 0 fully saturated rings. The first kappa shape index (κ1) is 30.5. The van der Waals surface area contributed by atoms with E-state index in [-0.39, 0.29) is 0 Å². The van der Waals surface area contributed by atoms with Gasteiger partial charge in [0.15, 0.2) is 0 Å². The lowest BCUT2D eigenvalue weighted by molar-refractivity contribution is 1.16. The molecule has 0 radical (unpaired) electrons. The predicted molar refractivity (Wildman–Crippen MR) is 235 cm³/mol. The van der Waals surface area contributed by atoms with Gasteiger partial charge in [0, 0.05) is 27.5 Å². The Morgan fingerprint density at radius 1 is 0.348 bits per heavy atom. The van der Waals surface area contributed by atoms with Crippen LogP contribution in [0, 0.1) is 0 Å². The first-order valence-electron chi connectivity index (χ1n) is 16.5. The van der Waals surface area contributed by atoms with Crippen LogP contribution < -0.4 is 59.5 Å². The fourth-order valence-corrected chi connectivity index (χ4v) is 7.81. The van der Waals surface area contributed by atoms with Gasteiger partial charge in [0.05, 0.1) is 22.4 Å². The van der Waals surface area contributed by atoms with Crippen LogP contribution in [-0.2, 0) is 0 Å². The fraction of sp³-hybridized carbons (Fsp3) is 0. The molecule has 0 atom stereocenters. The van der Waals surface area contributed by atoms with Gasteiger partial charge >= 0.3 is 0 Å². The van der Waals surface area contributed by atoms with Crippen molar-refractivity contribution in [1.82, 2.24) is 4.57 Å². The summed E-state index contributed by atoms with van der Waals surface area (Å²) in [5.74, 6) is 0. The number of nitrogens with zero attached hydrogens (tertiary/aromatic N) is 2. The van der Waals surface area contributed by atoms with Crippen molar-refractivity contribution in [2.75, 3.05) is 4.90 Å². The van der Waals surface area contributed by atoms with Crippen LogP contribution in [0.25, 0.3) is 38.3 Å². The number of benzene rings is 6. The maximum Gasteiger partial charge on any atom is 0.141 e. The number of hydrogen-bond acceptors (Lipinski definition) is 1. The molecule has 2 nitrogen and oxygen atoms in total. The Balaban J connectivity index is 1.76. The van der Waals surface area contributed by atoms with Crippen molar-refractivity contribution in [1.29, 1.82) is 0 Å². The van der Waals surface area contributed by atoms with E-state index in [0.717, 1.165) is 0 Å². The van der Waals surface area contributed by atoms with E-state index in [1.54, 1.807) is 0 Å². The Bertz CT molecular complexity index is 2220. The number of fused-ring (bicyclic) bond motifs is 4. The van der Waals surface area contributed by atoms with Gasteiger partial charge in [0.25, 0.3) is 0 Å². The van der Waals surface area contributed by atoms with Crippen molar-refractivity contribution in [3.63, 3.8) is 0 Å². The molecule has 12 heteroatoms. The van der Waals surface area contributed by atoms with Gasteiger partial charge in [-0.2, -0.15) is 0 Å². The van der Waals surface area contributed by atoms with Gasteiger partial charge in [-0.15, -0.1) is 10.9 Å². The lowest BCUT2D eigenvalue weighted by Gasteiger charge is -2.38. The molecule has 210 valence electrons. The second-order valence-corrected chi connectivity index (χ2v) is 13.3. The lowest BCUT2D eigenvalue weighted by Crippen LogP contribution is -2.59. The summed E-state index contributed by atoms with van der Waals surface area (Å²) < 4.78 is 2.50. The quantitative estimate of drug-likeness (QED) is 0.189. The molecule has 0 N–H and O–H groups in total. The standard InChI is InChI=1S/C34H34B10N2/c35-22-24(37)28(41)33(29(42)25(22)38)46(34-30(43)26(39)23(36)27(40)31(34)44)32-16-8-2-1-7-15(16)13-14-21(32)45-19-11-5-3-9-17(19)18-10-4-6-12-20(18)45/h1-14H,35-44H2. The van der Waals surface area contributed by atoms with Gasteiger partial charge in [0.1, 0.15) is 78.5 Å². The molecular weight excluding hydrogens is 545 g/mol. The molecule has 0 saturated carbocycles. The Morgan fingerprint density at radius 2 is 0.717 bits per heavy atom. The fourth-order valence-electron chi connectivity index (χ4n) is 7.81. The SMILES string of the molecule is Bc1c(B)c(B)c(N(c2c(B)c(B)c(B)c(B)c2B)c2c(-n3c4ccccc4c4ccccc43)ccc3ccccc23)c(B)c1B. The Morgan fingerprint density at radius 3 is 1.17 bits per heavy atom. The summed E-state index contributed by atoms with van der Waals surface area (Å²) in [5, 5.41) is 5.02. The molecule has 1 heterocycles. The van der Waals surface area contributed by atoms with Crippen molar-refractivity contribution >= 4 is 183 Å². The third kappa shape index (κ3) is 4.33. The molecule has 46 heavy (non-hydrogen) atoms. The Hall–Kier alpha value is -4.17. The van der Waals surface area contributed by atoms with Gasteiger partial charge in [0.2, 0.25) is 0 Å². The zero-order chi connectivity index (χ0) is 32.6. The number of anilines is 3. The van der Waals surface area contributed by atoms with E-state index < -0.39 is 0 Å². The molecule has 0 unspecified atom stereocenters. The predicted octanol–water partition coefficient (Wildman–Crippen LogP) is -8.01. The summed E-state index contributed by atoms with van der Waals surface area (Å²) in [7, 11) is 23.0. The highest BCUT2D eigenvalue weighted by Gasteiger charge is 2.29. The maximum atomic E-state index is 2.65. The van der Waals surface area contributed by atoms with Gasteiger partial charge in [-0.1, -0.05) is 110 Å². The summed E-state index contributed by atoms with van der Waals surface area (Å²) in [6, 6.07) is 31.3. The molecular formula is C34H34B10N2. The molecule has 0 saturated heterocycles. The van der Waals surface area contributed by atoms with Crippen molar-refractivity contribution in [2.45, 2.75) is 0 Å². The second kappa shape index (κ2) is 11.3. The average molecular weight is 579 g/mol. The molecule has 0 aliphatic carbocycles. The van der Waals surface area contributed by atoms with E-state index in [2.05, 4.69) is 173 Å². The van der Waals surface area contributed by atoms with Crippen molar-refractivity contribution in [2.24, 2.45) is 0 Å². The average Bonchev–Trinajstić information content (AvgIpc) is 3.41. The number of rotatable bonds is 4. The van der Waals surface area contributed by atoms with E-state index in [0.29, 0.717) is 0 Å². The van der Waals surface area contributed by atoms with Crippen LogP contribution >= 0.6 is 0 Å². The smallest absolute Gasteiger partial charge is 0.141 e. The second-order valence-electron chi connectivity index (χ2n) is 13.3. The molecule has 0 aliphatic rings. The van der Waals surface area contributed by atoms with Gasteiger partial charge in [-0.25, -0.2) is 0 Å². The molecule has 0 spiro atoms. The monoisotopic (exact) mass is 580 g/mol. The first-order chi connectivity index (χ1) is 22.0. The van der Waals surface area contributed by atoms with Crippen LogP contribution in [0.2, 0.25) is 0 Å². The molecule has 0 aliphatic heterocycles. The van der Waals surface area contributed by atoms with Crippen molar-refractivity contribution in [3.05, 3.63) is 84.9 Å². The van der Waals surface area contributed by atoms with Crippen LogP contribution in [0.4, 0.5) is 17.1 Å². The summed E-state index contributed by atoms with van der Waals surface area (Å²) in [5.41, 5.74) is 20.9. The minimum absolute atomic E-state index is 1.18. The van der Waals surface area contributed by atoms with E-state index >= 15 is 0 Å². The van der Waals surface area contributed by atoms with Crippen molar-refractivity contribution < 1.29 is 0 Å². The minimum atomic E-state index is 1.18. The highest BCUT2D eigenvalue weighted by atomic mass is 15.2. The Kier molecular flexibility index (Phi) is 7.46. The molecule has 1 aromatic heterocycles. The highest BCUT2D eigenvalue weighted by molar-refractivity contribution is 6.71. The highest BCUT2D eigenvalue weighted by Crippen LogP contribution is 2.43. The summed E-state index contributed by atoms with van der Waals surface area (Å²) in [6.07, 6.45) is 0. The van der Waals surface area contributed by atoms with E-state index in [4.69, 9.17) is 0 Å². The van der Waals surface area contributed by atoms with E-state index in [1.165, 1.54) is 110 Å². The van der Waals surface area contributed by atoms with Crippen LogP contribution in [0.3, 0.4) is 0 Å². The van der Waals surface area contributed by atoms with Crippen LogP contribution in [0.5, 0.6) is 0 Å². The largest absolute Gasteiger partial charge is 0.310 e. The molecule has 6 aromatic carbocycles. The van der Waals surface area contributed by atoms with Crippen LogP contribution in [0.1, 0.15) is 0 Å². The normalized spacial score (nSPS) is 11.5. The topological polar surface area (TPSA) is 8.17 Å². The third-order valence-electron chi connectivity index (χ3n) is 11.3. The minimum Gasteiger partial charge on any atom is -0.310 e. The van der Waals surface area contributed by atoms with Gasteiger partial charge in [-0.3, -0.25) is 0 Å². The summed E-state index contributed by atoms with van der Waals surface area (Å²) in [6.45, 7) is 0. The van der Waals surface area contributed by atoms with Crippen LogP contribution in [-0.4, -0.2) is 83.0 Å². The van der Waals surface area contributed by atoms with Crippen molar-refractivity contribution in [3.8, 4) is 5.69 Å². The van der Waals surface area contributed by atoms with Crippen LogP contribution in [0.15, 0.2) is 84.9 Å². The van der Waals surface area contributed by atoms with Gasteiger partial charge in [-0.05, 0) is 23.6 Å².